The number of piperidine rings is 1. The van der Waals surface area contributed by atoms with Crippen LogP contribution >= 0.6 is 0 Å². The molecular weight excluding hydrogens is 314 g/mol. The summed E-state index contributed by atoms with van der Waals surface area (Å²) in [6.45, 7) is 8.67. The summed E-state index contributed by atoms with van der Waals surface area (Å²) >= 11 is 0. The lowest BCUT2D eigenvalue weighted by Gasteiger charge is -2.42. The van der Waals surface area contributed by atoms with Crippen molar-refractivity contribution in [2.24, 2.45) is 5.92 Å². The Morgan fingerprint density at radius 3 is 2.40 bits per heavy atom. The second-order valence-electron chi connectivity index (χ2n) is 8.37. The number of aromatic nitrogens is 1. The Labute approximate surface area is 151 Å². The summed E-state index contributed by atoms with van der Waals surface area (Å²) in [7, 11) is 1.91. The van der Waals surface area contributed by atoms with Gasteiger partial charge in [-0.25, -0.2) is 0 Å². The lowest BCUT2D eigenvalue weighted by atomic mass is 9.85. The molecule has 1 aromatic heterocycles. The van der Waals surface area contributed by atoms with Crippen molar-refractivity contribution < 1.29 is 9.32 Å². The van der Waals surface area contributed by atoms with Crippen LogP contribution in [0.25, 0.3) is 0 Å². The van der Waals surface area contributed by atoms with Gasteiger partial charge in [-0.05, 0) is 44.4 Å². The van der Waals surface area contributed by atoms with Crippen molar-refractivity contribution in [1.82, 2.24) is 15.0 Å². The van der Waals surface area contributed by atoms with Crippen molar-refractivity contribution in [3.63, 3.8) is 0 Å². The zero-order valence-electron chi connectivity index (χ0n) is 16.2. The van der Waals surface area contributed by atoms with E-state index in [1.54, 1.807) is 6.07 Å². The van der Waals surface area contributed by atoms with Crippen molar-refractivity contribution in [2.45, 2.75) is 77.3 Å². The average molecular weight is 348 g/mol. The molecule has 0 bridgehead atoms. The molecule has 1 aliphatic heterocycles. The van der Waals surface area contributed by atoms with Gasteiger partial charge < -0.3 is 14.3 Å². The number of amides is 1. The summed E-state index contributed by atoms with van der Waals surface area (Å²) in [4.78, 5) is 17.2. The Kier molecular flexibility index (Phi) is 5.82. The topological polar surface area (TPSA) is 49.6 Å². The minimum Gasteiger partial charge on any atom is -0.360 e. The molecule has 0 aromatic carbocycles. The Morgan fingerprint density at radius 2 is 1.84 bits per heavy atom. The second kappa shape index (κ2) is 7.90. The van der Waals surface area contributed by atoms with Crippen molar-refractivity contribution in [3.8, 4) is 0 Å². The standard InChI is InChI=1S/C20H33N3O2/c1-14(2)19-13-18(21-25-19)20(24)22(4)16-9-11-23(12-10-16)17-7-5-15(3)6-8-17/h13-17H,5-12H2,1-4H3. The maximum atomic E-state index is 12.7. The van der Waals surface area contributed by atoms with Gasteiger partial charge in [0, 0.05) is 44.2 Å². The summed E-state index contributed by atoms with van der Waals surface area (Å²) < 4.78 is 5.28. The molecule has 140 valence electrons. The first kappa shape index (κ1) is 18.4. The maximum absolute atomic E-state index is 12.7. The predicted molar refractivity (Wildman–Crippen MR) is 98.7 cm³/mol. The number of rotatable bonds is 4. The zero-order valence-corrected chi connectivity index (χ0v) is 16.2. The highest BCUT2D eigenvalue weighted by Crippen LogP contribution is 2.29. The van der Waals surface area contributed by atoms with E-state index in [4.69, 9.17) is 4.52 Å². The molecule has 2 fully saturated rings. The van der Waals surface area contributed by atoms with Gasteiger partial charge in [-0.1, -0.05) is 25.9 Å². The van der Waals surface area contributed by atoms with E-state index in [-0.39, 0.29) is 11.8 Å². The normalized spacial score (nSPS) is 26.1. The van der Waals surface area contributed by atoms with Gasteiger partial charge >= 0.3 is 0 Å². The summed E-state index contributed by atoms with van der Waals surface area (Å²) in [6.07, 6.45) is 7.54. The molecule has 1 amide bonds. The summed E-state index contributed by atoms with van der Waals surface area (Å²) in [6, 6.07) is 2.87. The van der Waals surface area contributed by atoms with Crippen LogP contribution in [0.1, 0.15) is 81.5 Å². The minimum atomic E-state index is -0.0133. The third-order valence-corrected chi connectivity index (χ3v) is 6.19. The van der Waals surface area contributed by atoms with Crippen molar-refractivity contribution >= 4 is 5.91 Å². The molecule has 1 saturated heterocycles. The zero-order chi connectivity index (χ0) is 18.0. The number of carbonyl (C=O) groups excluding carboxylic acids is 1. The van der Waals surface area contributed by atoms with Crippen molar-refractivity contribution in [3.05, 3.63) is 17.5 Å². The Hall–Kier alpha value is -1.36. The van der Waals surface area contributed by atoms with Gasteiger partial charge in [0.1, 0.15) is 5.76 Å². The molecule has 3 rings (SSSR count). The SMILES string of the molecule is CC1CCC(N2CCC(N(C)C(=O)c3cc(C(C)C)on3)CC2)CC1. The summed E-state index contributed by atoms with van der Waals surface area (Å²) in [5, 5.41) is 3.97. The molecule has 5 heteroatoms. The smallest absolute Gasteiger partial charge is 0.276 e. The van der Waals surface area contributed by atoms with E-state index in [1.165, 1.54) is 25.7 Å². The monoisotopic (exact) mass is 347 g/mol. The van der Waals surface area contributed by atoms with Crippen LogP contribution in [0, 0.1) is 5.92 Å². The van der Waals surface area contributed by atoms with Crippen LogP contribution in [0.15, 0.2) is 10.6 Å². The number of hydrogen-bond acceptors (Lipinski definition) is 4. The van der Waals surface area contributed by atoms with Crippen LogP contribution in [0.2, 0.25) is 0 Å². The van der Waals surface area contributed by atoms with E-state index < -0.39 is 0 Å². The molecular formula is C20H33N3O2. The molecule has 0 atom stereocenters. The fourth-order valence-corrected chi connectivity index (χ4v) is 4.25. The highest BCUT2D eigenvalue weighted by atomic mass is 16.5. The van der Waals surface area contributed by atoms with E-state index in [1.807, 2.05) is 25.8 Å². The van der Waals surface area contributed by atoms with Crippen LogP contribution in [-0.4, -0.2) is 53.1 Å². The second-order valence-corrected chi connectivity index (χ2v) is 8.37. The molecule has 5 nitrogen and oxygen atoms in total. The molecule has 25 heavy (non-hydrogen) atoms. The van der Waals surface area contributed by atoms with Gasteiger partial charge in [-0.3, -0.25) is 4.79 Å². The molecule has 1 aliphatic carbocycles. The average Bonchev–Trinajstić information content (AvgIpc) is 3.12. The molecule has 1 aromatic rings. The first-order valence-corrected chi connectivity index (χ1v) is 9.93. The number of carbonyl (C=O) groups is 1. The molecule has 0 N–H and O–H groups in total. The predicted octanol–water partition coefficient (Wildman–Crippen LogP) is 3.91. The van der Waals surface area contributed by atoms with E-state index in [0.29, 0.717) is 11.7 Å². The molecule has 2 heterocycles. The quantitative estimate of drug-likeness (QED) is 0.828. The summed E-state index contributed by atoms with van der Waals surface area (Å²) in [5.74, 6) is 1.91. The molecule has 0 spiro atoms. The highest BCUT2D eigenvalue weighted by molar-refractivity contribution is 5.92. The molecule has 0 unspecified atom stereocenters. The highest BCUT2D eigenvalue weighted by Gasteiger charge is 2.31. The van der Waals surface area contributed by atoms with Gasteiger partial charge in [-0.2, -0.15) is 0 Å². The third-order valence-electron chi connectivity index (χ3n) is 6.19. The van der Waals surface area contributed by atoms with Crippen molar-refractivity contribution in [2.75, 3.05) is 20.1 Å². The van der Waals surface area contributed by atoms with Gasteiger partial charge in [0.05, 0.1) is 0 Å². The first-order chi connectivity index (χ1) is 12.0. The van der Waals surface area contributed by atoms with Crippen LogP contribution in [0.3, 0.4) is 0 Å². The maximum Gasteiger partial charge on any atom is 0.276 e. The van der Waals surface area contributed by atoms with E-state index in [2.05, 4.69) is 17.0 Å². The van der Waals surface area contributed by atoms with E-state index >= 15 is 0 Å². The molecule has 0 radical (unpaired) electrons. The third kappa shape index (κ3) is 4.25. The van der Waals surface area contributed by atoms with Crippen LogP contribution in [-0.2, 0) is 0 Å². The Bertz CT molecular complexity index is 567. The van der Waals surface area contributed by atoms with Crippen LogP contribution < -0.4 is 0 Å². The fraction of sp³-hybridized carbons (Fsp3) is 0.800. The van der Waals surface area contributed by atoms with Gasteiger partial charge in [-0.15, -0.1) is 0 Å². The Morgan fingerprint density at radius 1 is 1.20 bits per heavy atom. The number of likely N-dealkylation sites (tertiary alicyclic amines) is 1. The van der Waals surface area contributed by atoms with Crippen LogP contribution in [0.4, 0.5) is 0 Å². The Balaban J connectivity index is 1.52. The number of hydrogen-bond donors (Lipinski definition) is 0. The van der Waals surface area contributed by atoms with Gasteiger partial charge in [0.25, 0.3) is 5.91 Å². The van der Waals surface area contributed by atoms with E-state index in [9.17, 15) is 4.79 Å². The fourth-order valence-electron chi connectivity index (χ4n) is 4.25. The minimum absolute atomic E-state index is 0.0133. The van der Waals surface area contributed by atoms with Gasteiger partial charge in [0.15, 0.2) is 5.69 Å². The van der Waals surface area contributed by atoms with Crippen LogP contribution in [0.5, 0.6) is 0 Å². The lowest BCUT2D eigenvalue weighted by molar-refractivity contribution is 0.0532. The first-order valence-electron chi connectivity index (χ1n) is 9.93. The molecule has 1 saturated carbocycles. The van der Waals surface area contributed by atoms with Crippen molar-refractivity contribution in [1.29, 1.82) is 0 Å². The number of nitrogens with zero attached hydrogens (tertiary/aromatic N) is 3. The molecule has 2 aliphatic rings. The van der Waals surface area contributed by atoms with E-state index in [0.717, 1.165) is 43.7 Å². The largest absolute Gasteiger partial charge is 0.360 e. The summed E-state index contributed by atoms with van der Waals surface area (Å²) in [5.41, 5.74) is 0.440. The lowest BCUT2D eigenvalue weighted by Crippen LogP contribution is -2.49. The van der Waals surface area contributed by atoms with Gasteiger partial charge in [0.2, 0.25) is 0 Å².